The van der Waals surface area contributed by atoms with Crippen molar-refractivity contribution in [3.8, 4) is 6.07 Å². The van der Waals surface area contributed by atoms with Crippen LogP contribution in [0.5, 0.6) is 0 Å². The molecule has 3 nitrogen and oxygen atoms in total. The van der Waals surface area contributed by atoms with E-state index in [1.165, 1.54) is 6.08 Å². The fourth-order valence-corrected chi connectivity index (χ4v) is 3.23. The number of esters is 1. The van der Waals surface area contributed by atoms with Crippen molar-refractivity contribution in [2.75, 3.05) is 6.61 Å². The Morgan fingerprint density at radius 2 is 1.73 bits per heavy atom. The van der Waals surface area contributed by atoms with Gasteiger partial charge in [-0.3, -0.25) is 4.79 Å². The number of fused-ring (bicyclic) bond motifs is 1. The molecule has 0 saturated heterocycles. The van der Waals surface area contributed by atoms with Gasteiger partial charge in [-0.25, -0.2) is 0 Å². The molecule has 3 aromatic carbocycles. The summed E-state index contributed by atoms with van der Waals surface area (Å²) >= 11 is 0. The maximum absolute atomic E-state index is 12.6. The highest BCUT2D eigenvalue weighted by Gasteiger charge is 2.33. The average molecular weight is 341 g/mol. The van der Waals surface area contributed by atoms with Crippen LogP contribution in [-0.2, 0) is 9.53 Å². The van der Waals surface area contributed by atoms with Crippen molar-refractivity contribution in [3.63, 3.8) is 0 Å². The molecule has 0 spiro atoms. The van der Waals surface area contributed by atoms with Crippen LogP contribution in [0.15, 0.2) is 85.5 Å². The van der Waals surface area contributed by atoms with Crippen molar-refractivity contribution in [1.29, 1.82) is 5.26 Å². The lowest BCUT2D eigenvalue weighted by Crippen LogP contribution is -2.24. The third-order valence-corrected chi connectivity index (χ3v) is 4.39. The molecule has 3 aromatic rings. The van der Waals surface area contributed by atoms with Gasteiger partial charge in [0.2, 0.25) is 0 Å². The van der Waals surface area contributed by atoms with Gasteiger partial charge in [-0.15, -0.1) is 0 Å². The fraction of sp³-hybridized carbons (Fsp3) is 0.130. The number of benzene rings is 3. The first-order valence-corrected chi connectivity index (χ1v) is 8.46. The van der Waals surface area contributed by atoms with Crippen LogP contribution in [0.4, 0.5) is 0 Å². The number of carbonyl (C=O) groups is 1. The zero-order chi connectivity index (χ0) is 18.4. The van der Waals surface area contributed by atoms with Crippen molar-refractivity contribution in [2.45, 2.75) is 5.92 Å². The second kappa shape index (κ2) is 8.13. The second-order valence-electron chi connectivity index (χ2n) is 5.98. The van der Waals surface area contributed by atoms with E-state index < -0.39 is 17.8 Å². The minimum atomic E-state index is -0.942. The Labute approximate surface area is 153 Å². The molecule has 2 atom stereocenters. The van der Waals surface area contributed by atoms with Crippen LogP contribution in [0.2, 0.25) is 0 Å². The van der Waals surface area contributed by atoms with E-state index >= 15 is 0 Å². The summed E-state index contributed by atoms with van der Waals surface area (Å²) in [6.07, 6.45) is 1.50. The van der Waals surface area contributed by atoms with Gasteiger partial charge in [0.15, 0.2) is 5.92 Å². The average Bonchev–Trinajstić information content (AvgIpc) is 2.70. The number of nitriles is 1. The summed E-state index contributed by atoms with van der Waals surface area (Å²) in [5.41, 5.74) is 1.85. The van der Waals surface area contributed by atoms with E-state index in [-0.39, 0.29) is 6.61 Å². The lowest BCUT2D eigenvalue weighted by molar-refractivity contribution is -0.145. The maximum Gasteiger partial charge on any atom is 0.324 e. The monoisotopic (exact) mass is 341 g/mol. The smallest absolute Gasteiger partial charge is 0.324 e. The minimum Gasteiger partial charge on any atom is -0.460 e. The molecular weight excluding hydrogens is 322 g/mol. The fourth-order valence-electron chi connectivity index (χ4n) is 3.23. The van der Waals surface area contributed by atoms with E-state index in [0.717, 1.165) is 21.9 Å². The molecule has 3 heteroatoms. The Hall–Kier alpha value is -3.38. The summed E-state index contributed by atoms with van der Waals surface area (Å²) in [7, 11) is 0. The molecule has 2 unspecified atom stereocenters. The van der Waals surface area contributed by atoms with E-state index in [1.54, 1.807) is 0 Å². The minimum absolute atomic E-state index is 0.0913. The third-order valence-electron chi connectivity index (χ3n) is 4.39. The van der Waals surface area contributed by atoms with Crippen molar-refractivity contribution >= 4 is 16.7 Å². The molecule has 0 aliphatic rings. The molecule has 0 aliphatic heterocycles. The molecule has 0 heterocycles. The molecule has 0 N–H and O–H groups in total. The predicted octanol–water partition coefficient (Wildman–Crippen LogP) is 4.84. The highest BCUT2D eigenvalue weighted by molar-refractivity contribution is 5.88. The summed E-state index contributed by atoms with van der Waals surface area (Å²) in [6.45, 7) is 3.65. The summed E-state index contributed by atoms with van der Waals surface area (Å²) in [5.74, 6) is -1.89. The SMILES string of the molecule is C=CCOC(=O)C(C#N)C(c1ccccc1)c1cccc2ccccc12. The van der Waals surface area contributed by atoms with Gasteiger partial charge >= 0.3 is 5.97 Å². The van der Waals surface area contributed by atoms with Crippen LogP contribution < -0.4 is 0 Å². The Morgan fingerprint density at radius 3 is 2.46 bits per heavy atom. The molecule has 0 fully saturated rings. The molecule has 0 bridgehead atoms. The molecule has 0 amide bonds. The number of carbonyl (C=O) groups excluding carboxylic acids is 1. The van der Waals surface area contributed by atoms with Crippen molar-refractivity contribution in [1.82, 2.24) is 0 Å². The molecule has 0 aliphatic carbocycles. The van der Waals surface area contributed by atoms with E-state index in [2.05, 4.69) is 12.6 Å². The lowest BCUT2D eigenvalue weighted by Gasteiger charge is -2.23. The van der Waals surface area contributed by atoms with Crippen LogP contribution in [0, 0.1) is 17.2 Å². The Morgan fingerprint density at radius 1 is 1.04 bits per heavy atom. The van der Waals surface area contributed by atoms with Gasteiger partial charge in [0, 0.05) is 5.92 Å². The van der Waals surface area contributed by atoms with Gasteiger partial charge in [0.05, 0.1) is 6.07 Å². The lowest BCUT2D eigenvalue weighted by atomic mass is 9.79. The Balaban J connectivity index is 2.16. The van der Waals surface area contributed by atoms with Crippen molar-refractivity contribution in [2.24, 2.45) is 5.92 Å². The molecule has 0 saturated carbocycles. The van der Waals surface area contributed by atoms with Crippen molar-refractivity contribution in [3.05, 3.63) is 96.6 Å². The summed E-state index contributed by atoms with van der Waals surface area (Å²) < 4.78 is 5.20. The first kappa shape index (κ1) is 17.4. The van der Waals surface area contributed by atoms with Crippen LogP contribution in [-0.4, -0.2) is 12.6 Å². The summed E-state index contributed by atoms with van der Waals surface area (Å²) in [5, 5.41) is 11.9. The highest BCUT2D eigenvalue weighted by Crippen LogP contribution is 2.36. The molecular formula is C23H19NO2. The van der Waals surface area contributed by atoms with Gasteiger partial charge in [-0.2, -0.15) is 5.26 Å². The Bertz CT molecular complexity index is 951. The van der Waals surface area contributed by atoms with Gasteiger partial charge in [-0.1, -0.05) is 85.5 Å². The predicted molar refractivity (Wildman–Crippen MR) is 102 cm³/mol. The van der Waals surface area contributed by atoms with E-state index in [1.807, 2.05) is 72.8 Å². The Kier molecular flexibility index (Phi) is 5.46. The van der Waals surface area contributed by atoms with Gasteiger partial charge < -0.3 is 4.74 Å². The van der Waals surface area contributed by atoms with Crippen LogP contribution in [0.1, 0.15) is 17.0 Å². The van der Waals surface area contributed by atoms with E-state index in [9.17, 15) is 10.1 Å². The number of nitrogens with zero attached hydrogens (tertiary/aromatic N) is 1. The van der Waals surface area contributed by atoms with Crippen LogP contribution in [0.3, 0.4) is 0 Å². The number of ether oxygens (including phenoxy) is 1. The molecule has 128 valence electrons. The largest absolute Gasteiger partial charge is 0.460 e. The molecule has 0 aromatic heterocycles. The van der Waals surface area contributed by atoms with Crippen LogP contribution in [0.25, 0.3) is 10.8 Å². The maximum atomic E-state index is 12.6. The normalized spacial score (nSPS) is 12.7. The standard InChI is InChI=1S/C23H19NO2/c1-2-15-26-23(25)21(16-24)22(18-10-4-3-5-11-18)20-14-8-12-17-9-6-7-13-19(17)20/h2-14,21-22H,1,15H2. The van der Waals surface area contributed by atoms with Gasteiger partial charge in [0.25, 0.3) is 0 Å². The number of hydrogen-bond acceptors (Lipinski definition) is 3. The summed E-state index contributed by atoms with van der Waals surface area (Å²) in [4.78, 5) is 12.6. The molecule has 0 radical (unpaired) electrons. The summed E-state index contributed by atoms with van der Waals surface area (Å²) in [6, 6.07) is 25.7. The number of rotatable bonds is 6. The quantitative estimate of drug-likeness (QED) is 0.476. The third kappa shape index (κ3) is 3.50. The zero-order valence-electron chi connectivity index (χ0n) is 14.3. The topological polar surface area (TPSA) is 50.1 Å². The number of hydrogen-bond donors (Lipinski definition) is 0. The first-order chi connectivity index (χ1) is 12.8. The van der Waals surface area contributed by atoms with E-state index in [0.29, 0.717) is 0 Å². The van der Waals surface area contributed by atoms with Gasteiger partial charge in [-0.05, 0) is 21.9 Å². The molecule has 3 rings (SSSR count). The molecule has 26 heavy (non-hydrogen) atoms. The highest BCUT2D eigenvalue weighted by atomic mass is 16.5. The second-order valence-corrected chi connectivity index (χ2v) is 5.98. The first-order valence-electron chi connectivity index (χ1n) is 8.46. The zero-order valence-corrected chi connectivity index (χ0v) is 14.3. The van der Waals surface area contributed by atoms with Crippen molar-refractivity contribution < 1.29 is 9.53 Å². The van der Waals surface area contributed by atoms with Crippen LogP contribution >= 0.6 is 0 Å². The van der Waals surface area contributed by atoms with Gasteiger partial charge in [0.1, 0.15) is 6.61 Å². The van der Waals surface area contributed by atoms with E-state index in [4.69, 9.17) is 4.74 Å².